The lowest BCUT2D eigenvalue weighted by Gasteiger charge is -2.18. The van der Waals surface area contributed by atoms with Gasteiger partial charge in [0.25, 0.3) is 0 Å². The number of anilines is 1. The molecule has 0 fully saturated rings. The molecule has 0 unspecified atom stereocenters. The van der Waals surface area contributed by atoms with E-state index in [0.29, 0.717) is 11.4 Å². The molecule has 24 heavy (non-hydrogen) atoms. The summed E-state index contributed by atoms with van der Waals surface area (Å²) in [5, 5.41) is 1.98. The van der Waals surface area contributed by atoms with Gasteiger partial charge in [-0.1, -0.05) is 39.0 Å². The zero-order valence-electron chi connectivity index (χ0n) is 15.3. The largest absolute Gasteiger partial charge is 0.377 e. The number of benzene rings is 2. The minimum atomic E-state index is -3.47. The fourth-order valence-corrected chi connectivity index (χ4v) is 3.82. The molecule has 0 saturated heterocycles. The van der Waals surface area contributed by atoms with Gasteiger partial charge in [-0.2, -0.15) is 0 Å². The fraction of sp³-hybridized carbons (Fsp3) is 0.474. The molecular weight excluding hydrogens is 320 g/mol. The van der Waals surface area contributed by atoms with E-state index >= 15 is 0 Å². The molecule has 0 atom stereocenters. The summed E-state index contributed by atoms with van der Waals surface area (Å²) in [7, 11) is 0.499. The first-order valence-corrected chi connectivity index (χ1v) is 9.78. The highest BCUT2D eigenvalue weighted by Crippen LogP contribution is 2.27. The molecular formula is C19H28N2O2S. The Morgan fingerprint density at radius 3 is 2.42 bits per heavy atom. The zero-order chi connectivity index (χ0) is 18.0. The second-order valence-electron chi connectivity index (χ2n) is 7.62. The minimum absolute atomic E-state index is 0.219. The third-order valence-corrected chi connectivity index (χ3v) is 5.48. The molecule has 132 valence electrons. The maximum absolute atomic E-state index is 12.5. The summed E-state index contributed by atoms with van der Waals surface area (Å²) in [6.07, 6.45) is 1.82. The SMILES string of the molecule is CN(C)c1cccc2cc(S(=O)(=O)NCCCC(C)(C)C)ccc12. The molecule has 1 N–H and O–H groups in total. The van der Waals surface area contributed by atoms with Crippen LogP contribution >= 0.6 is 0 Å². The first-order chi connectivity index (χ1) is 11.1. The monoisotopic (exact) mass is 348 g/mol. The Labute approximate surface area is 145 Å². The van der Waals surface area contributed by atoms with E-state index in [1.807, 2.05) is 43.3 Å². The first kappa shape index (κ1) is 18.7. The Kier molecular flexibility index (Phi) is 5.56. The predicted molar refractivity (Wildman–Crippen MR) is 102 cm³/mol. The molecule has 2 aromatic rings. The van der Waals surface area contributed by atoms with E-state index in [-0.39, 0.29) is 5.41 Å². The quantitative estimate of drug-likeness (QED) is 0.803. The van der Waals surface area contributed by atoms with Gasteiger partial charge in [0.05, 0.1) is 4.90 Å². The molecule has 5 heteroatoms. The molecule has 0 aliphatic rings. The van der Waals surface area contributed by atoms with Gasteiger partial charge in [-0.3, -0.25) is 0 Å². The lowest BCUT2D eigenvalue weighted by molar-refractivity contribution is 0.365. The van der Waals surface area contributed by atoms with E-state index in [2.05, 4.69) is 25.5 Å². The van der Waals surface area contributed by atoms with Gasteiger partial charge in [0.1, 0.15) is 0 Å². The number of hydrogen-bond donors (Lipinski definition) is 1. The van der Waals surface area contributed by atoms with Gasteiger partial charge >= 0.3 is 0 Å². The summed E-state index contributed by atoms with van der Waals surface area (Å²) in [6, 6.07) is 11.2. The van der Waals surface area contributed by atoms with Crippen molar-refractivity contribution in [2.24, 2.45) is 5.41 Å². The van der Waals surface area contributed by atoms with Crippen molar-refractivity contribution >= 4 is 26.5 Å². The standard InChI is InChI=1S/C19H28N2O2S/c1-19(2,3)12-7-13-20-24(22,23)16-10-11-17-15(14-16)8-6-9-18(17)21(4)5/h6,8-11,14,20H,7,12-13H2,1-5H3. The number of rotatable bonds is 6. The van der Waals surface area contributed by atoms with Gasteiger partial charge in [-0.25, -0.2) is 13.1 Å². The fourth-order valence-electron chi connectivity index (χ4n) is 2.71. The Bertz CT molecular complexity index is 806. The molecule has 0 amide bonds. The average molecular weight is 349 g/mol. The van der Waals surface area contributed by atoms with Crippen LogP contribution in [-0.2, 0) is 10.0 Å². The lowest BCUT2D eigenvalue weighted by Crippen LogP contribution is -2.25. The van der Waals surface area contributed by atoms with Crippen LogP contribution in [0.15, 0.2) is 41.3 Å². The highest BCUT2D eigenvalue weighted by Gasteiger charge is 2.16. The van der Waals surface area contributed by atoms with Crippen molar-refractivity contribution in [2.45, 2.75) is 38.5 Å². The Morgan fingerprint density at radius 1 is 1.08 bits per heavy atom. The molecule has 4 nitrogen and oxygen atoms in total. The zero-order valence-corrected chi connectivity index (χ0v) is 16.1. The minimum Gasteiger partial charge on any atom is -0.377 e. The second-order valence-corrected chi connectivity index (χ2v) is 9.38. The molecule has 2 rings (SSSR count). The van der Waals surface area contributed by atoms with Crippen molar-refractivity contribution in [3.63, 3.8) is 0 Å². The van der Waals surface area contributed by atoms with Crippen LogP contribution in [0.1, 0.15) is 33.6 Å². The van der Waals surface area contributed by atoms with Crippen molar-refractivity contribution in [3.8, 4) is 0 Å². The second kappa shape index (κ2) is 7.11. The number of hydrogen-bond acceptors (Lipinski definition) is 3. The number of sulfonamides is 1. The normalized spacial score (nSPS) is 12.5. The van der Waals surface area contributed by atoms with E-state index in [9.17, 15) is 8.42 Å². The van der Waals surface area contributed by atoms with Gasteiger partial charge in [0.15, 0.2) is 0 Å². The van der Waals surface area contributed by atoms with Crippen LogP contribution in [0, 0.1) is 5.41 Å². The molecule has 2 aromatic carbocycles. The molecule has 0 aromatic heterocycles. The predicted octanol–water partition coefficient (Wildman–Crippen LogP) is 4.01. The Hall–Kier alpha value is -1.59. The van der Waals surface area contributed by atoms with E-state index in [1.165, 1.54) is 0 Å². The summed E-state index contributed by atoms with van der Waals surface area (Å²) in [4.78, 5) is 2.35. The van der Waals surface area contributed by atoms with Crippen LogP contribution in [0.5, 0.6) is 0 Å². The van der Waals surface area contributed by atoms with Crippen molar-refractivity contribution in [3.05, 3.63) is 36.4 Å². The van der Waals surface area contributed by atoms with Crippen molar-refractivity contribution < 1.29 is 8.42 Å². The summed E-state index contributed by atoms with van der Waals surface area (Å²) in [5.74, 6) is 0. The molecule has 0 bridgehead atoms. The van der Waals surface area contributed by atoms with Gasteiger partial charge in [0.2, 0.25) is 10.0 Å². The smallest absolute Gasteiger partial charge is 0.240 e. The van der Waals surface area contributed by atoms with E-state index in [0.717, 1.165) is 29.3 Å². The highest BCUT2D eigenvalue weighted by molar-refractivity contribution is 7.89. The van der Waals surface area contributed by atoms with Gasteiger partial charge in [-0.05, 0) is 41.8 Å². The summed E-state index contributed by atoms with van der Waals surface area (Å²) in [5.41, 5.74) is 1.30. The van der Waals surface area contributed by atoms with Gasteiger partial charge in [-0.15, -0.1) is 0 Å². The average Bonchev–Trinajstić information content (AvgIpc) is 2.49. The first-order valence-electron chi connectivity index (χ1n) is 8.30. The number of nitrogens with one attached hydrogen (secondary N) is 1. The van der Waals surface area contributed by atoms with Gasteiger partial charge < -0.3 is 4.90 Å². The van der Waals surface area contributed by atoms with Crippen molar-refractivity contribution in [1.82, 2.24) is 4.72 Å². The van der Waals surface area contributed by atoms with Crippen LogP contribution in [-0.4, -0.2) is 29.1 Å². The number of nitrogens with zero attached hydrogens (tertiary/aromatic N) is 1. The molecule has 0 saturated carbocycles. The summed E-state index contributed by atoms with van der Waals surface area (Å²) >= 11 is 0. The third kappa shape index (κ3) is 4.71. The maximum atomic E-state index is 12.5. The lowest BCUT2D eigenvalue weighted by atomic mass is 9.91. The maximum Gasteiger partial charge on any atom is 0.240 e. The van der Waals surface area contributed by atoms with Crippen LogP contribution in [0.4, 0.5) is 5.69 Å². The van der Waals surface area contributed by atoms with Crippen LogP contribution < -0.4 is 9.62 Å². The molecule has 0 spiro atoms. The Morgan fingerprint density at radius 2 is 1.79 bits per heavy atom. The van der Waals surface area contributed by atoms with Crippen molar-refractivity contribution in [1.29, 1.82) is 0 Å². The van der Waals surface area contributed by atoms with Crippen LogP contribution in [0.3, 0.4) is 0 Å². The molecule has 0 aliphatic heterocycles. The third-order valence-electron chi connectivity index (χ3n) is 4.02. The van der Waals surface area contributed by atoms with Crippen molar-refractivity contribution in [2.75, 3.05) is 25.5 Å². The summed E-state index contributed by atoms with van der Waals surface area (Å²) in [6.45, 7) is 6.95. The van der Waals surface area contributed by atoms with E-state index in [4.69, 9.17) is 0 Å². The Balaban J connectivity index is 2.19. The summed E-state index contributed by atoms with van der Waals surface area (Å²) < 4.78 is 27.7. The highest BCUT2D eigenvalue weighted by atomic mass is 32.2. The van der Waals surface area contributed by atoms with E-state index in [1.54, 1.807) is 12.1 Å². The molecule has 0 heterocycles. The molecule has 0 aliphatic carbocycles. The topological polar surface area (TPSA) is 49.4 Å². The van der Waals surface area contributed by atoms with E-state index < -0.39 is 10.0 Å². The van der Waals surface area contributed by atoms with Crippen LogP contribution in [0.25, 0.3) is 10.8 Å². The molecule has 0 radical (unpaired) electrons. The number of fused-ring (bicyclic) bond motifs is 1. The van der Waals surface area contributed by atoms with Crippen LogP contribution in [0.2, 0.25) is 0 Å². The van der Waals surface area contributed by atoms with Gasteiger partial charge in [0, 0.05) is 31.7 Å².